The minimum absolute atomic E-state index is 0.0909. The number of para-hydroxylation sites is 1. The summed E-state index contributed by atoms with van der Waals surface area (Å²) in [5.74, 6) is 0.515. The fourth-order valence-corrected chi connectivity index (χ4v) is 2.63. The van der Waals surface area contributed by atoms with Gasteiger partial charge in [0.2, 0.25) is 0 Å². The Hall–Kier alpha value is -2.82. The summed E-state index contributed by atoms with van der Waals surface area (Å²) < 4.78 is 5.53. The van der Waals surface area contributed by atoms with Crippen LogP contribution in [0.15, 0.2) is 42.5 Å². The Morgan fingerprint density at radius 1 is 1.08 bits per heavy atom. The summed E-state index contributed by atoms with van der Waals surface area (Å²) in [6.07, 6.45) is 0. The second-order valence-electron chi connectivity index (χ2n) is 6.41. The second-order valence-corrected chi connectivity index (χ2v) is 6.41. The van der Waals surface area contributed by atoms with Gasteiger partial charge >= 0.3 is 0 Å². The van der Waals surface area contributed by atoms with Crippen LogP contribution >= 0.6 is 0 Å². The zero-order chi connectivity index (χ0) is 19.1. The van der Waals surface area contributed by atoms with Crippen LogP contribution in [0, 0.1) is 6.92 Å². The van der Waals surface area contributed by atoms with Crippen LogP contribution in [0.5, 0.6) is 5.75 Å². The molecule has 5 nitrogen and oxygen atoms in total. The SMILES string of the molecule is CCNC(=O)c1ccc(OCC(=O)Nc2c(C)cccc2C(C)C)cc1. The summed E-state index contributed by atoms with van der Waals surface area (Å²) in [5.41, 5.74) is 3.54. The number of rotatable bonds is 7. The van der Waals surface area contributed by atoms with Crippen molar-refractivity contribution in [1.82, 2.24) is 5.32 Å². The molecule has 0 aliphatic heterocycles. The quantitative estimate of drug-likeness (QED) is 0.793. The van der Waals surface area contributed by atoms with E-state index < -0.39 is 0 Å². The number of aryl methyl sites for hydroxylation is 1. The van der Waals surface area contributed by atoms with Crippen molar-refractivity contribution >= 4 is 17.5 Å². The van der Waals surface area contributed by atoms with Gasteiger partial charge in [-0.3, -0.25) is 9.59 Å². The van der Waals surface area contributed by atoms with Gasteiger partial charge in [-0.2, -0.15) is 0 Å². The van der Waals surface area contributed by atoms with Gasteiger partial charge < -0.3 is 15.4 Å². The van der Waals surface area contributed by atoms with Gasteiger partial charge in [-0.25, -0.2) is 0 Å². The maximum absolute atomic E-state index is 12.3. The smallest absolute Gasteiger partial charge is 0.262 e. The van der Waals surface area contributed by atoms with Crippen molar-refractivity contribution in [3.63, 3.8) is 0 Å². The van der Waals surface area contributed by atoms with E-state index in [0.717, 1.165) is 16.8 Å². The van der Waals surface area contributed by atoms with Crippen LogP contribution in [0.3, 0.4) is 0 Å². The summed E-state index contributed by atoms with van der Waals surface area (Å²) in [5, 5.41) is 5.68. The predicted octanol–water partition coefficient (Wildman–Crippen LogP) is 3.89. The van der Waals surface area contributed by atoms with Crippen LogP contribution in [0.2, 0.25) is 0 Å². The highest BCUT2D eigenvalue weighted by atomic mass is 16.5. The first kappa shape index (κ1) is 19.5. The van der Waals surface area contributed by atoms with E-state index in [1.165, 1.54) is 0 Å². The highest BCUT2D eigenvalue weighted by Crippen LogP contribution is 2.27. The Labute approximate surface area is 154 Å². The first-order valence-corrected chi connectivity index (χ1v) is 8.82. The van der Waals surface area contributed by atoms with Gasteiger partial charge in [0.25, 0.3) is 11.8 Å². The zero-order valence-corrected chi connectivity index (χ0v) is 15.8. The molecule has 0 aliphatic carbocycles. The molecule has 0 spiro atoms. The molecule has 0 saturated heterocycles. The lowest BCUT2D eigenvalue weighted by atomic mass is 9.98. The zero-order valence-electron chi connectivity index (χ0n) is 15.8. The molecule has 2 amide bonds. The minimum Gasteiger partial charge on any atom is -0.484 e. The molecule has 5 heteroatoms. The molecule has 138 valence electrons. The van der Waals surface area contributed by atoms with E-state index in [9.17, 15) is 9.59 Å². The molecule has 2 aromatic rings. The number of carbonyl (C=O) groups is 2. The van der Waals surface area contributed by atoms with Crippen LogP contribution in [0.4, 0.5) is 5.69 Å². The van der Waals surface area contributed by atoms with Gasteiger partial charge in [0.05, 0.1) is 0 Å². The largest absolute Gasteiger partial charge is 0.484 e. The van der Waals surface area contributed by atoms with Gasteiger partial charge in [-0.05, 0) is 55.2 Å². The van der Waals surface area contributed by atoms with Crippen LogP contribution in [-0.2, 0) is 4.79 Å². The minimum atomic E-state index is -0.214. The fourth-order valence-electron chi connectivity index (χ4n) is 2.63. The number of nitrogens with one attached hydrogen (secondary N) is 2. The molecular formula is C21H26N2O3. The number of amides is 2. The number of hydrogen-bond acceptors (Lipinski definition) is 3. The van der Waals surface area contributed by atoms with Crippen molar-refractivity contribution in [2.24, 2.45) is 0 Å². The van der Waals surface area contributed by atoms with Gasteiger partial charge in [0.1, 0.15) is 5.75 Å². The van der Waals surface area contributed by atoms with Crippen molar-refractivity contribution < 1.29 is 14.3 Å². The van der Waals surface area contributed by atoms with Gasteiger partial charge in [-0.15, -0.1) is 0 Å². The number of benzene rings is 2. The first-order valence-electron chi connectivity index (χ1n) is 8.82. The Balaban J connectivity index is 1.96. The molecule has 2 rings (SSSR count). The molecule has 0 radical (unpaired) electrons. The average Bonchev–Trinajstić information content (AvgIpc) is 2.62. The molecule has 0 aromatic heterocycles. The van der Waals surface area contributed by atoms with Crippen molar-refractivity contribution in [3.8, 4) is 5.75 Å². The maximum Gasteiger partial charge on any atom is 0.262 e. The standard InChI is InChI=1S/C21H26N2O3/c1-5-22-21(25)16-9-11-17(12-10-16)26-13-19(24)23-20-15(4)7-6-8-18(20)14(2)3/h6-12,14H,5,13H2,1-4H3,(H,22,25)(H,23,24). The van der Waals surface area contributed by atoms with Gasteiger partial charge in [0, 0.05) is 17.8 Å². The average molecular weight is 354 g/mol. The molecule has 0 aliphatic rings. The monoisotopic (exact) mass is 354 g/mol. The van der Waals surface area contributed by atoms with E-state index in [1.54, 1.807) is 24.3 Å². The molecule has 0 atom stereocenters. The van der Waals surface area contributed by atoms with E-state index in [2.05, 4.69) is 24.5 Å². The van der Waals surface area contributed by atoms with E-state index in [1.807, 2.05) is 32.0 Å². The normalized spacial score (nSPS) is 10.5. The maximum atomic E-state index is 12.3. The highest BCUT2D eigenvalue weighted by molar-refractivity contribution is 5.94. The Kier molecular flexibility index (Phi) is 6.78. The lowest BCUT2D eigenvalue weighted by molar-refractivity contribution is -0.118. The number of carbonyl (C=O) groups excluding carboxylic acids is 2. The summed E-state index contributed by atoms with van der Waals surface area (Å²) in [7, 11) is 0. The molecule has 0 heterocycles. The van der Waals surface area contributed by atoms with Gasteiger partial charge in [-0.1, -0.05) is 32.0 Å². The number of ether oxygens (including phenoxy) is 1. The van der Waals surface area contributed by atoms with Crippen LogP contribution < -0.4 is 15.4 Å². The topological polar surface area (TPSA) is 67.4 Å². The van der Waals surface area contributed by atoms with Crippen molar-refractivity contribution in [1.29, 1.82) is 0 Å². The lowest BCUT2D eigenvalue weighted by Crippen LogP contribution is -2.23. The molecule has 0 unspecified atom stereocenters. The summed E-state index contributed by atoms with van der Waals surface area (Å²) >= 11 is 0. The van der Waals surface area contributed by atoms with Crippen molar-refractivity contribution in [3.05, 3.63) is 59.2 Å². The summed E-state index contributed by atoms with van der Waals surface area (Å²) in [4.78, 5) is 24.0. The van der Waals surface area contributed by atoms with E-state index in [-0.39, 0.29) is 18.4 Å². The first-order chi connectivity index (χ1) is 12.4. The van der Waals surface area contributed by atoms with Gasteiger partial charge in [0.15, 0.2) is 6.61 Å². The third kappa shape index (κ3) is 5.09. The molecule has 2 N–H and O–H groups in total. The molecular weight excluding hydrogens is 328 g/mol. The molecule has 2 aromatic carbocycles. The molecule has 0 fully saturated rings. The Morgan fingerprint density at radius 3 is 2.38 bits per heavy atom. The molecule has 26 heavy (non-hydrogen) atoms. The summed E-state index contributed by atoms with van der Waals surface area (Å²) in [6, 6.07) is 12.7. The van der Waals surface area contributed by atoms with E-state index in [0.29, 0.717) is 23.8 Å². The lowest BCUT2D eigenvalue weighted by Gasteiger charge is -2.16. The highest BCUT2D eigenvalue weighted by Gasteiger charge is 2.12. The fraction of sp³-hybridized carbons (Fsp3) is 0.333. The second kappa shape index (κ2) is 9.04. The van der Waals surface area contributed by atoms with E-state index in [4.69, 9.17) is 4.74 Å². The Bertz CT molecular complexity index is 767. The molecule has 0 saturated carbocycles. The summed E-state index contributed by atoms with van der Waals surface area (Å²) in [6.45, 7) is 8.52. The van der Waals surface area contributed by atoms with Crippen molar-refractivity contribution in [2.75, 3.05) is 18.5 Å². The third-order valence-electron chi connectivity index (χ3n) is 4.02. The molecule has 0 bridgehead atoms. The Morgan fingerprint density at radius 2 is 1.77 bits per heavy atom. The van der Waals surface area contributed by atoms with Crippen LogP contribution in [0.1, 0.15) is 48.2 Å². The number of anilines is 1. The van der Waals surface area contributed by atoms with Crippen molar-refractivity contribution in [2.45, 2.75) is 33.6 Å². The number of hydrogen-bond donors (Lipinski definition) is 2. The predicted molar refractivity (Wildman–Crippen MR) is 104 cm³/mol. The van der Waals surface area contributed by atoms with E-state index >= 15 is 0 Å². The third-order valence-corrected chi connectivity index (χ3v) is 4.02. The van der Waals surface area contributed by atoms with Crippen LogP contribution in [0.25, 0.3) is 0 Å². The van der Waals surface area contributed by atoms with Crippen LogP contribution in [-0.4, -0.2) is 25.0 Å².